The summed E-state index contributed by atoms with van der Waals surface area (Å²) in [5, 5.41) is 2.76. The minimum absolute atomic E-state index is 0.0405. The molecule has 3 aromatic rings. The molecule has 2 amide bonds. The van der Waals surface area contributed by atoms with Gasteiger partial charge in [-0.15, -0.1) is 0 Å². The summed E-state index contributed by atoms with van der Waals surface area (Å²) in [7, 11) is 1.66. The van der Waals surface area contributed by atoms with E-state index in [-0.39, 0.29) is 11.8 Å². The van der Waals surface area contributed by atoms with E-state index in [0.717, 1.165) is 29.3 Å². The van der Waals surface area contributed by atoms with Crippen LogP contribution in [-0.4, -0.2) is 28.4 Å². The van der Waals surface area contributed by atoms with Crippen LogP contribution in [0.15, 0.2) is 55.0 Å². The van der Waals surface area contributed by atoms with Gasteiger partial charge in [-0.1, -0.05) is 24.3 Å². The van der Waals surface area contributed by atoms with E-state index in [1.54, 1.807) is 25.2 Å². The van der Waals surface area contributed by atoms with Crippen LogP contribution in [0, 0.1) is 0 Å². The number of benzene rings is 2. The fraction of sp³-hybridized carbons (Fsp3) is 0.261. The van der Waals surface area contributed by atoms with Gasteiger partial charge < -0.3 is 14.8 Å². The zero-order chi connectivity index (χ0) is 23.3. The number of nitrogens with zero attached hydrogens (tertiary/aromatic N) is 3. The van der Waals surface area contributed by atoms with E-state index in [0.29, 0.717) is 17.8 Å². The van der Waals surface area contributed by atoms with Crippen LogP contribution in [0.1, 0.15) is 30.7 Å². The maximum absolute atomic E-state index is 12.6. The maximum atomic E-state index is 12.6. The first kappa shape index (κ1) is 21.6. The highest BCUT2D eigenvalue weighted by molar-refractivity contribution is 6.07. The third-order valence-electron chi connectivity index (χ3n) is 5.67. The van der Waals surface area contributed by atoms with Gasteiger partial charge in [0.15, 0.2) is 5.69 Å². The number of alkyl halides is 3. The lowest BCUT2D eigenvalue weighted by Gasteiger charge is -2.16. The van der Waals surface area contributed by atoms with E-state index in [2.05, 4.69) is 10.3 Å². The van der Waals surface area contributed by atoms with E-state index in [1.807, 2.05) is 38.1 Å². The van der Waals surface area contributed by atoms with E-state index >= 15 is 0 Å². The fourth-order valence-electron chi connectivity index (χ4n) is 3.90. The lowest BCUT2D eigenvalue weighted by Crippen LogP contribution is -2.33. The van der Waals surface area contributed by atoms with Crippen LogP contribution in [0.25, 0.3) is 5.69 Å². The van der Waals surface area contributed by atoms with Gasteiger partial charge in [-0.3, -0.25) is 9.59 Å². The molecule has 166 valence electrons. The van der Waals surface area contributed by atoms with Gasteiger partial charge in [-0.2, -0.15) is 13.2 Å². The second kappa shape index (κ2) is 7.51. The molecular weight excluding hydrogens is 421 g/mol. The summed E-state index contributed by atoms with van der Waals surface area (Å²) in [4.78, 5) is 27.9. The average Bonchev–Trinajstić information content (AvgIpc) is 3.41. The molecule has 0 spiro atoms. The van der Waals surface area contributed by atoms with Gasteiger partial charge >= 0.3 is 6.18 Å². The van der Waals surface area contributed by atoms with E-state index in [4.69, 9.17) is 0 Å². The topological polar surface area (TPSA) is 67.2 Å². The highest BCUT2D eigenvalue weighted by atomic mass is 19.4. The van der Waals surface area contributed by atoms with Gasteiger partial charge in [0.25, 0.3) is 0 Å². The highest BCUT2D eigenvalue weighted by Crippen LogP contribution is 2.41. The number of imidazole rings is 1. The first-order chi connectivity index (χ1) is 15.0. The molecule has 5 rings (SSSR count). The Balaban J connectivity index is 0.000000203. The van der Waals surface area contributed by atoms with Crippen molar-refractivity contribution >= 4 is 23.2 Å². The molecule has 0 radical (unpaired) electrons. The zero-order valence-electron chi connectivity index (χ0n) is 17.7. The third kappa shape index (κ3) is 3.74. The number of anilines is 2. The largest absolute Gasteiger partial charge is 0.434 e. The second-order valence-corrected chi connectivity index (χ2v) is 8.24. The first-order valence-electron chi connectivity index (χ1n) is 9.90. The van der Waals surface area contributed by atoms with Crippen molar-refractivity contribution in [3.05, 3.63) is 71.8 Å². The molecular formula is C23H21F3N4O2. The molecule has 0 aliphatic carbocycles. The lowest BCUT2D eigenvalue weighted by molar-refractivity contribution is -0.141. The minimum Gasteiger partial charge on any atom is -0.326 e. The van der Waals surface area contributed by atoms with Gasteiger partial charge in [0.05, 0.1) is 18.2 Å². The summed E-state index contributed by atoms with van der Waals surface area (Å²) in [5.41, 5.74) is 2.58. The summed E-state index contributed by atoms with van der Waals surface area (Å²) in [6.45, 7) is 3.66. The smallest absolute Gasteiger partial charge is 0.326 e. The van der Waals surface area contributed by atoms with Gasteiger partial charge in [-0.25, -0.2) is 4.98 Å². The van der Waals surface area contributed by atoms with Crippen molar-refractivity contribution in [2.24, 2.45) is 0 Å². The lowest BCUT2D eigenvalue weighted by atomic mass is 9.86. The zero-order valence-corrected chi connectivity index (χ0v) is 17.7. The molecule has 2 aliphatic heterocycles. The summed E-state index contributed by atoms with van der Waals surface area (Å²) < 4.78 is 39.2. The molecule has 6 nitrogen and oxygen atoms in total. The third-order valence-corrected chi connectivity index (χ3v) is 5.67. The number of amides is 2. The molecule has 1 N–H and O–H groups in total. The van der Waals surface area contributed by atoms with Crippen LogP contribution in [0.2, 0.25) is 0 Å². The maximum Gasteiger partial charge on any atom is 0.434 e. The number of carbonyl (C=O) groups is 2. The van der Waals surface area contributed by atoms with Crippen LogP contribution < -0.4 is 10.2 Å². The summed E-state index contributed by atoms with van der Waals surface area (Å²) in [6.07, 6.45) is -1.89. The van der Waals surface area contributed by atoms with Crippen molar-refractivity contribution < 1.29 is 22.8 Å². The molecule has 0 saturated heterocycles. The van der Waals surface area contributed by atoms with Gasteiger partial charge in [0.1, 0.15) is 0 Å². The van der Waals surface area contributed by atoms with Gasteiger partial charge in [-0.05, 0) is 43.2 Å². The van der Waals surface area contributed by atoms with Crippen molar-refractivity contribution in [2.75, 3.05) is 17.3 Å². The molecule has 2 aliphatic rings. The Kier molecular flexibility index (Phi) is 5.07. The van der Waals surface area contributed by atoms with Crippen LogP contribution in [-0.2, 0) is 27.6 Å². The van der Waals surface area contributed by atoms with E-state index < -0.39 is 17.3 Å². The quantitative estimate of drug-likeness (QED) is 0.610. The molecule has 2 aromatic carbocycles. The summed E-state index contributed by atoms with van der Waals surface area (Å²) in [6, 6.07) is 12.9. The van der Waals surface area contributed by atoms with Crippen molar-refractivity contribution in [3.63, 3.8) is 0 Å². The molecule has 9 heteroatoms. The molecule has 0 fully saturated rings. The Morgan fingerprint density at radius 1 is 1.09 bits per heavy atom. The van der Waals surface area contributed by atoms with Crippen LogP contribution in [0.3, 0.4) is 0 Å². The predicted octanol–water partition coefficient (Wildman–Crippen LogP) is 4.33. The second-order valence-electron chi connectivity index (χ2n) is 8.24. The van der Waals surface area contributed by atoms with E-state index in [1.165, 1.54) is 9.47 Å². The average molecular weight is 442 g/mol. The number of carbonyl (C=O) groups excluding carboxylic acids is 2. The number of hydrogen-bond donors (Lipinski definition) is 1. The highest BCUT2D eigenvalue weighted by Gasteiger charge is 2.42. The van der Waals surface area contributed by atoms with Crippen LogP contribution in [0.5, 0.6) is 0 Å². The van der Waals surface area contributed by atoms with Crippen LogP contribution in [0.4, 0.5) is 24.5 Å². The molecule has 0 saturated carbocycles. The Morgan fingerprint density at radius 2 is 1.81 bits per heavy atom. The molecule has 0 bridgehead atoms. The standard InChI is InChI=1S/C15H14F3N3O.C8H7NO/c1-14(2)10-5-4-9(6-11(10)20(3)13(14)22)21-7-12(19-8-21)15(16,17)18;10-8-5-6-3-1-2-4-7(6)9-8/h4-8H,1-3H3;1-4H,5H2,(H,9,10). The van der Waals surface area contributed by atoms with Crippen molar-refractivity contribution in [1.82, 2.24) is 9.55 Å². The molecule has 3 heterocycles. The molecule has 32 heavy (non-hydrogen) atoms. The van der Waals surface area contributed by atoms with Gasteiger partial charge in [0, 0.05) is 30.3 Å². The Morgan fingerprint density at radius 3 is 2.47 bits per heavy atom. The summed E-state index contributed by atoms with van der Waals surface area (Å²) >= 11 is 0. The monoisotopic (exact) mass is 442 g/mol. The SMILES string of the molecule is CN1C(=O)C(C)(C)c2ccc(-n3cnc(C(F)(F)F)c3)cc21.O=C1Cc2ccccc2N1. The number of nitrogens with one attached hydrogen (secondary N) is 1. The molecule has 0 unspecified atom stereocenters. The number of hydrogen-bond acceptors (Lipinski definition) is 3. The molecule has 1 aromatic heterocycles. The number of halogens is 3. The van der Waals surface area contributed by atoms with Crippen molar-refractivity contribution in [3.8, 4) is 5.69 Å². The summed E-state index contributed by atoms with van der Waals surface area (Å²) in [5.74, 6) is 0.0578. The van der Waals surface area contributed by atoms with Gasteiger partial charge in [0.2, 0.25) is 11.8 Å². The fourth-order valence-corrected chi connectivity index (χ4v) is 3.90. The normalized spacial score (nSPS) is 16.2. The molecule has 0 atom stereocenters. The van der Waals surface area contributed by atoms with E-state index in [9.17, 15) is 22.8 Å². The van der Waals surface area contributed by atoms with Crippen molar-refractivity contribution in [2.45, 2.75) is 31.9 Å². The Hall–Kier alpha value is -3.62. The number of likely N-dealkylation sites (N-methyl/N-ethyl adjacent to an activating group) is 1. The number of aromatic nitrogens is 2. The Labute approximate surface area is 182 Å². The first-order valence-corrected chi connectivity index (χ1v) is 9.90. The number of para-hydroxylation sites is 1. The predicted molar refractivity (Wildman–Crippen MR) is 114 cm³/mol. The number of rotatable bonds is 1. The minimum atomic E-state index is -4.48. The Bertz CT molecular complexity index is 1190. The van der Waals surface area contributed by atoms with Crippen molar-refractivity contribution in [1.29, 1.82) is 0 Å². The van der Waals surface area contributed by atoms with Crippen LogP contribution >= 0.6 is 0 Å². The number of fused-ring (bicyclic) bond motifs is 2.